The minimum atomic E-state index is -3.84. The first-order chi connectivity index (χ1) is 11.1. The van der Waals surface area contributed by atoms with Crippen molar-refractivity contribution >= 4 is 15.8 Å². The third-order valence-corrected chi connectivity index (χ3v) is 4.43. The molecule has 3 rings (SSSR count). The second-order valence-electron chi connectivity index (χ2n) is 4.69. The van der Waals surface area contributed by atoms with E-state index in [9.17, 15) is 8.42 Å². The van der Waals surface area contributed by atoms with Gasteiger partial charge in [-0.25, -0.2) is 8.42 Å². The number of aromatic nitrogens is 1. The number of hydrogen-bond donors (Lipinski definition) is 1. The molecule has 0 aliphatic heterocycles. The molecule has 0 aliphatic carbocycles. The molecule has 6 nitrogen and oxygen atoms in total. The van der Waals surface area contributed by atoms with Crippen LogP contribution >= 0.6 is 0 Å². The standard InChI is InChI=1S/C16H11N3O3S/c17-11-12-5-4-8-14(9-12)23(20,21)19-16-10-15(22-18-16)13-6-2-1-3-7-13/h1-10H,(H,18,19). The molecule has 0 saturated heterocycles. The average Bonchev–Trinajstić information content (AvgIpc) is 3.03. The average molecular weight is 325 g/mol. The number of nitriles is 1. The van der Waals surface area contributed by atoms with Crippen molar-refractivity contribution in [2.45, 2.75) is 4.90 Å². The van der Waals surface area contributed by atoms with E-state index >= 15 is 0 Å². The minimum absolute atomic E-state index is 0.0131. The molecular weight excluding hydrogens is 314 g/mol. The van der Waals surface area contributed by atoms with Gasteiger partial charge in [0.2, 0.25) is 0 Å². The van der Waals surface area contributed by atoms with E-state index in [0.717, 1.165) is 5.56 Å². The van der Waals surface area contributed by atoms with Crippen molar-refractivity contribution in [1.29, 1.82) is 5.26 Å². The Hall–Kier alpha value is -3.11. The van der Waals surface area contributed by atoms with Gasteiger partial charge in [-0.3, -0.25) is 4.72 Å². The predicted molar refractivity (Wildman–Crippen MR) is 83.9 cm³/mol. The number of hydrogen-bond acceptors (Lipinski definition) is 5. The van der Waals surface area contributed by atoms with Gasteiger partial charge in [0.05, 0.1) is 16.5 Å². The highest BCUT2D eigenvalue weighted by molar-refractivity contribution is 7.92. The molecule has 0 fully saturated rings. The Morgan fingerprint density at radius 1 is 1.04 bits per heavy atom. The second kappa shape index (κ2) is 5.94. The summed E-state index contributed by atoms with van der Waals surface area (Å²) in [5, 5.41) is 12.6. The van der Waals surface area contributed by atoms with Crippen molar-refractivity contribution in [1.82, 2.24) is 5.16 Å². The van der Waals surface area contributed by atoms with Crippen LogP contribution in [-0.4, -0.2) is 13.6 Å². The molecule has 1 N–H and O–H groups in total. The number of nitrogens with one attached hydrogen (secondary N) is 1. The van der Waals surface area contributed by atoms with Crippen molar-refractivity contribution in [3.05, 3.63) is 66.2 Å². The van der Waals surface area contributed by atoms with E-state index in [2.05, 4.69) is 9.88 Å². The maximum absolute atomic E-state index is 12.3. The Bertz CT molecular complexity index is 973. The van der Waals surface area contributed by atoms with Gasteiger partial charge in [-0.15, -0.1) is 0 Å². The minimum Gasteiger partial charge on any atom is -0.354 e. The van der Waals surface area contributed by atoms with Crippen LogP contribution < -0.4 is 4.72 Å². The van der Waals surface area contributed by atoms with Crippen molar-refractivity contribution in [2.75, 3.05) is 4.72 Å². The van der Waals surface area contributed by atoms with Gasteiger partial charge < -0.3 is 4.52 Å². The molecule has 23 heavy (non-hydrogen) atoms. The fraction of sp³-hybridized carbons (Fsp3) is 0. The van der Waals surface area contributed by atoms with E-state index in [1.54, 1.807) is 0 Å². The maximum Gasteiger partial charge on any atom is 0.263 e. The molecule has 2 aromatic carbocycles. The number of sulfonamides is 1. The Morgan fingerprint density at radius 3 is 2.57 bits per heavy atom. The molecule has 7 heteroatoms. The molecule has 0 spiro atoms. The van der Waals surface area contributed by atoms with Crippen molar-refractivity contribution in [3.63, 3.8) is 0 Å². The van der Waals surface area contributed by atoms with Gasteiger partial charge in [0.1, 0.15) is 0 Å². The summed E-state index contributed by atoms with van der Waals surface area (Å²) < 4.78 is 32.1. The van der Waals surface area contributed by atoms with E-state index in [0.29, 0.717) is 5.76 Å². The SMILES string of the molecule is N#Cc1cccc(S(=O)(=O)Nc2cc(-c3ccccc3)on2)c1. The molecular formula is C16H11N3O3S. The molecule has 0 saturated carbocycles. The number of rotatable bonds is 4. The van der Waals surface area contributed by atoms with Crippen LogP contribution in [0.1, 0.15) is 5.56 Å². The molecule has 0 atom stereocenters. The fourth-order valence-electron chi connectivity index (χ4n) is 1.99. The Balaban J connectivity index is 1.87. The van der Waals surface area contributed by atoms with E-state index in [1.807, 2.05) is 36.4 Å². The normalized spacial score (nSPS) is 10.9. The lowest BCUT2D eigenvalue weighted by atomic mass is 10.2. The first kappa shape index (κ1) is 14.8. The first-order valence-corrected chi connectivity index (χ1v) is 8.12. The highest BCUT2D eigenvalue weighted by Crippen LogP contribution is 2.23. The van der Waals surface area contributed by atoms with Gasteiger partial charge in [-0.1, -0.05) is 41.6 Å². The maximum atomic E-state index is 12.3. The molecule has 0 aliphatic rings. The fourth-order valence-corrected chi connectivity index (χ4v) is 3.02. The third kappa shape index (κ3) is 3.22. The molecule has 0 radical (unpaired) electrons. The summed E-state index contributed by atoms with van der Waals surface area (Å²) in [7, 11) is -3.84. The summed E-state index contributed by atoms with van der Waals surface area (Å²) in [6, 6.07) is 18.3. The molecule has 1 aromatic heterocycles. The smallest absolute Gasteiger partial charge is 0.263 e. The van der Waals surface area contributed by atoms with Gasteiger partial charge in [0.25, 0.3) is 10.0 Å². The molecule has 114 valence electrons. The number of benzene rings is 2. The van der Waals surface area contributed by atoms with E-state index < -0.39 is 10.0 Å². The van der Waals surface area contributed by atoms with Gasteiger partial charge >= 0.3 is 0 Å². The lowest BCUT2D eigenvalue weighted by Crippen LogP contribution is -2.13. The zero-order valence-corrected chi connectivity index (χ0v) is 12.6. The Morgan fingerprint density at radius 2 is 1.83 bits per heavy atom. The summed E-state index contributed by atoms with van der Waals surface area (Å²) in [6.07, 6.45) is 0. The van der Waals surface area contributed by atoms with Crippen LogP contribution in [0.25, 0.3) is 11.3 Å². The summed E-state index contributed by atoms with van der Waals surface area (Å²) in [4.78, 5) is -0.0131. The van der Waals surface area contributed by atoms with Gasteiger partial charge in [0, 0.05) is 11.6 Å². The lowest BCUT2D eigenvalue weighted by Gasteiger charge is -2.04. The van der Waals surface area contributed by atoms with Crippen LogP contribution in [0.15, 0.2) is 70.1 Å². The van der Waals surface area contributed by atoms with Crippen LogP contribution in [0.2, 0.25) is 0 Å². The highest BCUT2D eigenvalue weighted by atomic mass is 32.2. The molecule has 3 aromatic rings. The van der Waals surface area contributed by atoms with E-state index in [4.69, 9.17) is 9.78 Å². The van der Waals surface area contributed by atoms with Crippen molar-refractivity contribution in [3.8, 4) is 17.4 Å². The Kier molecular flexibility index (Phi) is 3.83. The zero-order chi connectivity index (χ0) is 16.3. The van der Waals surface area contributed by atoms with Gasteiger partial charge in [0.15, 0.2) is 11.6 Å². The van der Waals surface area contributed by atoms with Crippen LogP contribution in [0.4, 0.5) is 5.82 Å². The van der Waals surface area contributed by atoms with Crippen LogP contribution in [-0.2, 0) is 10.0 Å². The highest BCUT2D eigenvalue weighted by Gasteiger charge is 2.17. The summed E-state index contributed by atoms with van der Waals surface area (Å²) in [5.74, 6) is 0.528. The number of anilines is 1. The second-order valence-corrected chi connectivity index (χ2v) is 6.37. The van der Waals surface area contributed by atoms with E-state index in [1.165, 1.54) is 30.3 Å². The third-order valence-electron chi connectivity index (χ3n) is 3.08. The molecule has 0 bridgehead atoms. The summed E-state index contributed by atoms with van der Waals surface area (Å²) in [5.41, 5.74) is 1.05. The topological polar surface area (TPSA) is 96.0 Å². The van der Waals surface area contributed by atoms with Crippen LogP contribution in [0.3, 0.4) is 0 Å². The molecule has 1 heterocycles. The Labute approximate surface area is 133 Å². The zero-order valence-electron chi connectivity index (χ0n) is 11.8. The van der Waals surface area contributed by atoms with Gasteiger partial charge in [-0.05, 0) is 18.2 Å². The quantitative estimate of drug-likeness (QED) is 0.795. The summed E-state index contributed by atoms with van der Waals surface area (Å²) in [6.45, 7) is 0. The molecule has 0 unspecified atom stereocenters. The number of nitrogens with zero attached hydrogens (tertiary/aromatic N) is 2. The van der Waals surface area contributed by atoms with Crippen LogP contribution in [0.5, 0.6) is 0 Å². The lowest BCUT2D eigenvalue weighted by molar-refractivity contribution is 0.435. The van der Waals surface area contributed by atoms with Gasteiger partial charge in [-0.2, -0.15) is 5.26 Å². The molecule has 0 amide bonds. The van der Waals surface area contributed by atoms with Crippen LogP contribution in [0, 0.1) is 11.3 Å². The van der Waals surface area contributed by atoms with E-state index in [-0.39, 0.29) is 16.3 Å². The predicted octanol–water partition coefficient (Wildman–Crippen LogP) is 3.01. The first-order valence-electron chi connectivity index (χ1n) is 6.63. The van der Waals surface area contributed by atoms with Crippen molar-refractivity contribution in [2.24, 2.45) is 0 Å². The monoisotopic (exact) mass is 325 g/mol. The van der Waals surface area contributed by atoms with Crippen molar-refractivity contribution < 1.29 is 12.9 Å². The largest absolute Gasteiger partial charge is 0.354 e. The summed E-state index contributed by atoms with van der Waals surface area (Å²) >= 11 is 0.